The molecule has 0 aromatic carbocycles. The fourth-order valence-electron chi connectivity index (χ4n) is 0.775. The Hall–Kier alpha value is -1.42. The molecule has 11 heavy (non-hydrogen) atoms. The minimum Gasteiger partial charge on any atom is -0.343 e. The summed E-state index contributed by atoms with van der Waals surface area (Å²) in [7, 11) is 1.50. The van der Waals surface area contributed by atoms with Gasteiger partial charge in [0.1, 0.15) is 0 Å². The second kappa shape index (κ2) is 3.68. The van der Waals surface area contributed by atoms with Crippen molar-refractivity contribution < 1.29 is 0 Å². The number of aromatic amines is 1. The minimum absolute atomic E-state index is 0.775. The van der Waals surface area contributed by atoms with Crippen molar-refractivity contribution in [2.75, 3.05) is 7.05 Å². The predicted molar refractivity (Wildman–Crippen MR) is 44.0 cm³/mol. The zero-order valence-electron chi connectivity index (χ0n) is 6.28. The molecule has 0 spiro atoms. The molecule has 58 valence electrons. The highest BCUT2D eigenvalue weighted by Crippen LogP contribution is 2.01. The van der Waals surface area contributed by atoms with Gasteiger partial charge in [-0.25, -0.2) is 9.97 Å². The van der Waals surface area contributed by atoms with E-state index in [1.807, 2.05) is 12.1 Å². The lowest BCUT2D eigenvalue weighted by molar-refractivity contribution is 1.30. The molecule has 2 aromatic rings. The number of nitrogens with two attached hydrogens (primary N) is 1. The van der Waals surface area contributed by atoms with Crippen molar-refractivity contribution in [1.82, 2.24) is 15.0 Å². The topological polar surface area (TPSA) is 67.6 Å². The van der Waals surface area contributed by atoms with E-state index in [9.17, 15) is 0 Å². The van der Waals surface area contributed by atoms with Crippen LogP contribution in [0.3, 0.4) is 0 Å². The number of hydrogen-bond donors (Lipinski definition) is 2. The zero-order valence-corrected chi connectivity index (χ0v) is 6.28. The molecule has 2 heterocycles. The third-order valence-corrected chi connectivity index (χ3v) is 1.19. The van der Waals surface area contributed by atoms with E-state index in [0.29, 0.717) is 0 Å². The van der Waals surface area contributed by atoms with Gasteiger partial charge < -0.3 is 10.7 Å². The number of pyridine rings is 1. The van der Waals surface area contributed by atoms with Crippen molar-refractivity contribution in [2.24, 2.45) is 5.73 Å². The van der Waals surface area contributed by atoms with Gasteiger partial charge in [-0.05, 0) is 19.2 Å². The van der Waals surface area contributed by atoms with Crippen molar-refractivity contribution in [3.63, 3.8) is 0 Å². The van der Waals surface area contributed by atoms with Crippen molar-refractivity contribution in [1.29, 1.82) is 0 Å². The van der Waals surface area contributed by atoms with Gasteiger partial charge in [-0.3, -0.25) is 0 Å². The maximum atomic E-state index is 4.50. The van der Waals surface area contributed by atoms with E-state index < -0.39 is 0 Å². The van der Waals surface area contributed by atoms with Gasteiger partial charge in [0.05, 0.1) is 11.8 Å². The van der Waals surface area contributed by atoms with E-state index in [4.69, 9.17) is 0 Å². The molecule has 0 unspecified atom stereocenters. The second-order valence-corrected chi connectivity index (χ2v) is 1.78. The first kappa shape index (κ1) is 7.68. The van der Waals surface area contributed by atoms with Crippen molar-refractivity contribution >= 4 is 11.2 Å². The summed E-state index contributed by atoms with van der Waals surface area (Å²) in [6, 6.07) is 3.82. The molecule has 0 aliphatic heterocycles. The van der Waals surface area contributed by atoms with E-state index in [0.717, 1.165) is 11.2 Å². The Kier molecular flexibility index (Phi) is 2.57. The van der Waals surface area contributed by atoms with Gasteiger partial charge in [-0.2, -0.15) is 0 Å². The molecule has 4 heteroatoms. The Bertz CT molecular complexity index is 284. The molecular weight excluding hydrogens is 140 g/mol. The third-order valence-electron chi connectivity index (χ3n) is 1.19. The summed E-state index contributed by atoms with van der Waals surface area (Å²) in [6.45, 7) is 0. The lowest BCUT2D eigenvalue weighted by Gasteiger charge is -1.80. The summed E-state index contributed by atoms with van der Waals surface area (Å²) in [5.41, 5.74) is 6.26. The average Bonchev–Trinajstić information content (AvgIpc) is 2.55. The fraction of sp³-hybridized carbons (Fsp3) is 0.143. The quantitative estimate of drug-likeness (QED) is 0.575. The lowest BCUT2D eigenvalue weighted by Crippen LogP contribution is -1.71. The predicted octanol–water partition coefficient (Wildman–Crippen LogP) is 0.533. The van der Waals surface area contributed by atoms with Gasteiger partial charge in [-0.15, -0.1) is 0 Å². The van der Waals surface area contributed by atoms with Crippen LogP contribution in [0.2, 0.25) is 0 Å². The van der Waals surface area contributed by atoms with Crippen LogP contribution in [-0.2, 0) is 0 Å². The molecule has 0 aliphatic rings. The highest BCUT2D eigenvalue weighted by Gasteiger charge is 1.90. The van der Waals surface area contributed by atoms with Crippen LogP contribution in [0.25, 0.3) is 11.2 Å². The Morgan fingerprint density at radius 1 is 1.36 bits per heavy atom. The SMILES string of the molecule is CN.c1cnc2nc[nH]c2c1. The molecule has 0 saturated heterocycles. The summed E-state index contributed by atoms with van der Waals surface area (Å²) in [4.78, 5) is 10.9. The molecule has 0 amide bonds. The number of H-pyrrole nitrogens is 1. The highest BCUT2D eigenvalue weighted by atomic mass is 14.9. The number of aromatic nitrogens is 3. The van der Waals surface area contributed by atoms with Crippen LogP contribution in [0.5, 0.6) is 0 Å². The molecule has 0 aliphatic carbocycles. The molecule has 0 fully saturated rings. The van der Waals surface area contributed by atoms with E-state index in [2.05, 4.69) is 20.7 Å². The van der Waals surface area contributed by atoms with Crippen molar-refractivity contribution in [2.45, 2.75) is 0 Å². The fourth-order valence-corrected chi connectivity index (χ4v) is 0.775. The third kappa shape index (κ3) is 1.53. The molecule has 4 nitrogen and oxygen atoms in total. The normalized spacial score (nSPS) is 8.91. The molecule has 2 aromatic heterocycles. The van der Waals surface area contributed by atoms with Crippen LogP contribution in [-0.4, -0.2) is 22.0 Å². The van der Waals surface area contributed by atoms with Gasteiger partial charge in [0.2, 0.25) is 0 Å². The Balaban J connectivity index is 0.000000281. The summed E-state index contributed by atoms with van der Waals surface area (Å²) in [5.74, 6) is 0. The minimum atomic E-state index is 0.775. The lowest BCUT2D eigenvalue weighted by atomic mass is 10.4. The van der Waals surface area contributed by atoms with Crippen LogP contribution in [0.15, 0.2) is 24.7 Å². The second-order valence-electron chi connectivity index (χ2n) is 1.78. The van der Waals surface area contributed by atoms with Crippen molar-refractivity contribution in [3.05, 3.63) is 24.7 Å². The van der Waals surface area contributed by atoms with Gasteiger partial charge >= 0.3 is 0 Å². The number of nitrogens with zero attached hydrogens (tertiary/aromatic N) is 2. The molecule has 2 rings (SSSR count). The Labute approximate surface area is 64.5 Å². The molecule has 0 bridgehead atoms. The first-order valence-corrected chi connectivity index (χ1v) is 3.28. The summed E-state index contributed by atoms with van der Waals surface area (Å²) in [5, 5.41) is 0. The highest BCUT2D eigenvalue weighted by molar-refractivity contribution is 5.68. The summed E-state index contributed by atoms with van der Waals surface area (Å²) >= 11 is 0. The number of hydrogen-bond acceptors (Lipinski definition) is 3. The van der Waals surface area contributed by atoms with Crippen LogP contribution in [0.1, 0.15) is 0 Å². The monoisotopic (exact) mass is 150 g/mol. The smallest absolute Gasteiger partial charge is 0.177 e. The molecule has 0 saturated carbocycles. The number of fused-ring (bicyclic) bond motifs is 1. The largest absolute Gasteiger partial charge is 0.343 e. The average molecular weight is 150 g/mol. The summed E-state index contributed by atoms with van der Waals surface area (Å²) < 4.78 is 0. The van der Waals surface area contributed by atoms with Gasteiger partial charge in [-0.1, -0.05) is 0 Å². The van der Waals surface area contributed by atoms with E-state index in [1.54, 1.807) is 12.5 Å². The number of imidazole rings is 1. The first-order valence-electron chi connectivity index (χ1n) is 3.28. The Morgan fingerprint density at radius 3 is 2.91 bits per heavy atom. The van der Waals surface area contributed by atoms with Crippen LogP contribution in [0, 0.1) is 0 Å². The van der Waals surface area contributed by atoms with E-state index in [-0.39, 0.29) is 0 Å². The number of nitrogens with one attached hydrogen (secondary N) is 1. The van der Waals surface area contributed by atoms with Gasteiger partial charge in [0, 0.05) is 6.20 Å². The van der Waals surface area contributed by atoms with Crippen molar-refractivity contribution in [3.8, 4) is 0 Å². The van der Waals surface area contributed by atoms with Gasteiger partial charge in [0.15, 0.2) is 5.65 Å². The molecule has 0 radical (unpaired) electrons. The Morgan fingerprint density at radius 2 is 2.18 bits per heavy atom. The van der Waals surface area contributed by atoms with E-state index >= 15 is 0 Å². The molecule has 0 atom stereocenters. The standard InChI is InChI=1S/C6H5N3.CH5N/c1-2-5-6(7-3-1)9-4-8-5;1-2/h1-4H,(H,7,8,9);2H2,1H3. The van der Waals surface area contributed by atoms with E-state index in [1.165, 1.54) is 7.05 Å². The van der Waals surface area contributed by atoms with Crippen LogP contribution >= 0.6 is 0 Å². The maximum Gasteiger partial charge on any atom is 0.177 e. The van der Waals surface area contributed by atoms with Crippen LogP contribution in [0.4, 0.5) is 0 Å². The zero-order chi connectivity index (χ0) is 8.10. The molecule has 3 N–H and O–H groups in total. The maximum absolute atomic E-state index is 4.50. The van der Waals surface area contributed by atoms with Crippen LogP contribution < -0.4 is 5.73 Å². The van der Waals surface area contributed by atoms with Gasteiger partial charge in [0.25, 0.3) is 0 Å². The number of rotatable bonds is 0. The first-order chi connectivity index (χ1) is 5.47. The molecular formula is C7H10N4. The summed E-state index contributed by atoms with van der Waals surface area (Å²) in [6.07, 6.45) is 3.36.